The van der Waals surface area contributed by atoms with E-state index in [0.29, 0.717) is 40.8 Å². The van der Waals surface area contributed by atoms with Gasteiger partial charge in [-0.15, -0.1) is 11.3 Å². The summed E-state index contributed by atoms with van der Waals surface area (Å²) in [4.78, 5) is 32.0. The smallest absolute Gasteiger partial charge is 0.273 e. The summed E-state index contributed by atoms with van der Waals surface area (Å²) in [6, 6.07) is 9.14. The summed E-state index contributed by atoms with van der Waals surface area (Å²) in [5, 5.41) is 5.31. The lowest BCUT2D eigenvalue weighted by atomic mass is 10.2. The van der Waals surface area contributed by atoms with Gasteiger partial charge >= 0.3 is 0 Å². The molecule has 0 spiro atoms. The van der Waals surface area contributed by atoms with E-state index in [4.69, 9.17) is 11.6 Å². The molecule has 6 nitrogen and oxygen atoms in total. The molecule has 0 aliphatic rings. The summed E-state index contributed by atoms with van der Waals surface area (Å²) in [7, 11) is 0. The number of hydrogen-bond donors (Lipinski definition) is 1. The van der Waals surface area contributed by atoms with Crippen molar-refractivity contribution in [2.75, 3.05) is 18.0 Å². The zero-order chi connectivity index (χ0) is 19.4. The molecule has 0 bridgehead atoms. The molecule has 0 saturated heterocycles. The lowest BCUT2D eigenvalue weighted by molar-refractivity contribution is -0.121. The molecular weight excluding hydrogens is 384 g/mol. The average Bonchev–Trinajstić information content (AvgIpc) is 3.13. The van der Waals surface area contributed by atoms with Crippen LogP contribution in [0.5, 0.6) is 0 Å². The number of carbonyl (C=O) groups is 1. The number of nitrogens with one attached hydrogen (secondary N) is 1. The van der Waals surface area contributed by atoms with Crippen molar-refractivity contribution in [1.82, 2.24) is 14.9 Å². The highest BCUT2D eigenvalue weighted by Gasteiger charge is 2.18. The Balaban J connectivity index is 1.86. The minimum Gasteiger partial charge on any atom is -0.350 e. The number of anilines is 1. The van der Waals surface area contributed by atoms with Crippen molar-refractivity contribution < 1.29 is 4.79 Å². The van der Waals surface area contributed by atoms with Crippen LogP contribution in [0.2, 0.25) is 5.02 Å². The van der Waals surface area contributed by atoms with Crippen molar-refractivity contribution in [2.45, 2.75) is 26.9 Å². The molecule has 2 aromatic heterocycles. The summed E-state index contributed by atoms with van der Waals surface area (Å²) in [6.45, 7) is 5.66. The van der Waals surface area contributed by atoms with E-state index in [1.165, 1.54) is 15.9 Å². The Kier molecular flexibility index (Phi) is 6.13. The Morgan fingerprint density at radius 3 is 2.78 bits per heavy atom. The van der Waals surface area contributed by atoms with E-state index >= 15 is 0 Å². The monoisotopic (exact) mass is 404 g/mol. The van der Waals surface area contributed by atoms with Crippen molar-refractivity contribution in [3.63, 3.8) is 0 Å². The maximum atomic E-state index is 12.9. The van der Waals surface area contributed by atoms with Crippen molar-refractivity contribution >= 4 is 45.0 Å². The van der Waals surface area contributed by atoms with E-state index in [-0.39, 0.29) is 18.0 Å². The second-order valence-electron chi connectivity index (χ2n) is 6.02. The number of hydrogen-bond acceptors (Lipinski definition) is 5. The van der Waals surface area contributed by atoms with Gasteiger partial charge < -0.3 is 10.2 Å². The number of thiophene rings is 1. The van der Waals surface area contributed by atoms with Crippen LogP contribution in [0.25, 0.3) is 10.2 Å². The highest BCUT2D eigenvalue weighted by atomic mass is 35.5. The van der Waals surface area contributed by atoms with Crippen molar-refractivity contribution in [1.29, 1.82) is 0 Å². The van der Waals surface area contributed by atoms with Crippen LogP contribution in [0, 0.1) is 0 Å². The van der Waals surface area contributed by atoms with Gasteiger partial charge in [-0.2, -0.15) is 0 Å². The molecule has 3 rings (SSSR count). The molecule has 8 heteroatoms. The molecule has 3 aromatic rings. The van der Waals surface area contributed by atoms with Gasteiger partial charge in [0.15, 0.2) is 0 Å². The quantitative estimate of drug-likeness (QED) is 0.656. The lowest BCUT2D eigenvalue weighted by Crippen LogP contribution is -2.37. The third-order valence-electron chi connectivity index (χ3n) is 4.27. The van der Waals surface area contributed by atoms with Crippen LogP contribution >= 0.6 is 22.9 Å². The Morgan fingerprint density at radius 2 is 2.07 bits per heavy atom. The Morgan fingerprint density at radius 1 is 1.30 bits per heavy atom. The van der Waals surface area contributed by atoms with Gasteiger partial charge in [0.1, 0.15) is 11.2 Å². The van der Waals surface area contributed by atoms with E-state index < -0.39 is 0 Å². The number of carbonyl (C=O) groups excluding carboxylic acids is 1. The molecule has 0 fully saturated rings. The molecule has 27 heavy (non-hydrogen) atoms. The molecular formula is C19H21ClN4O2S. The summed E-state index contributed by atoms with van der Waals surface area (Å²) >= 11 is 7.31. The number of nitrogens with zero attached hydrogens (tertiary/aromatic N) is 3. The first-order chi connectivity index (χ1) is 13.0. The first-order valence-electron chi connectivity index (χ1n) is 8.77. The normalized spacial score (nSPS) is 10.9. The largest absolute Gasteiger partial charge is 0.350 e. The van der Waals surface area contributed by atoms with Crippen molar-refractivity contribution in [3.05, 3.63) is 56.7 Å². The lowest BCUT2D eigenvalue weighted by Gasteiger charge is -2.23. The fraction of sp³-hybridized carbons (Fsp3) is 0.316. The second kappa shape index (κ2) is 8.54. The van der Waals surface area contributed by atoms with E-state index in [9.17, 15) is 9.59 Å². The van der Waals surface area contributed by atoms with Gasteiger partial charge in [-0.3, -0.25) is 14.2 Å². The van der Waals surface area contributed by atoms with E-state index in [2.05, 4.69) is 10.3 Å². The molecule has 0 aliphatic heterocycles. The van der Waals surface area contributed by atoms with Crippen LogP contribution in [0.1, 0.15) is 19.4 Å². The average molecular weight is 405 g/mol. The third-order valence-corrected chi connectivity index (χ3v) is 5.40. The number of benzene rings is 1. The standard InChI is InChI=1S/C19H21ClN4O2S/c1-3-23(4-2)19-22-15-8-9-27-17(15)18(26)24(19)12-16(25)21-11-13-6-5-7-14(20)10-13/h5-10H,3-4,11-12H2,1-2H3,(H,21,25). The molecule has 1 amide bonds. The van der Waals surface area contributed by atoms with E-state index in [1.54, 1.807) is 12.1 Å². The van der Waals surface area contributed by atoms with Gasteiger partial charge in [-0.05, 0) is 43.0 Å². The van der Waals surface area contributed by atoms with Gasteiger partial charge in [0, 0.05) is 24.7 Å². The van der Waals surface area contributed by atoms with Crippen LogP contribution in [-0.2, 0) is 17.9 Å². The molecule has 142 valence electrons. The molecule has 2 heterocycles. The molecule has 0 atom stereocenters. The summed E-state index contributed by atoms with van der Waals surface area (Å²) in [6.07, 6.45) is 0. The zero-order valence-electron chi connectivity index (χ0n) is 15.2. The molecule has 1 N–H and O–H groups in total. The predicted octanol–water partition coefficient (Wildman–Crippen LogP) is 3.27. The maximum Gasteiger partial charge on any atom is 0.273 e. The summed E-state index contributed by atoms with van der Waals surface area (Å²) < 4.78 is 2.02. The van der Waals surface area contributed by atoms with Crippen molar-refractivity contribution in [2.24, 2.45) is 0 Å². The van der Waals surface area contributed by atoms with Crippen LogP contribution in [0.4, 0.5) is 5.95 Å². The van der Waals surface area contributed by atoms with Gasteiger partial charge in [-0.1, -0.05) is 23.7 Å². The van der Waals surface area contributed by atoms with Gasteiger partial charge in [0.05, 0.1) is 5.52 Å². The number of amides is 1. The van der Waals surface area contributed by atoms with Crippen LogP contribution in [0.3, 0.4) is 0 Å². The fourth-order valence-corrected chi connectivity index (χ4v) is 3.86. The number of halogens is 1. The molecule has 0 unspecified atom stereocenters. The topological polar surface area (TPSA) is 67.2 Å². The minimum atomic E-state index is -0.247. The first kappa shape index (κ1) is 19.4. The van der Waals surface area contributed by atoms with Crippen molar-refractivity contribution in [3.8, 4) is 0 Å². The van der Waals surface area contributed by atoms with Crippen LogP contribution in [-0.4, -0.2) is 28.5 Å². The zero-order valence-corrected chi connectivity index (χ0v) is 16.8. The SMILES string of the molecule is CCN(CC)c1nc2ccsc2c(=O)n1CC(=O)NCc1cccc(Cl)c1. The number of aromatic nitrogens is 2. The number of rotatable bonds is 7. The minimum absolute atomic E-state index is 0.0773. The first-order valence-corrected chi connectivity index (χ1v) is 10.0. The van der Waals surface area contributed by atoms with E-state index in [1.807, 2.05) is 42.3 Å². The Hall–Kier alpha value is -2.38. The maximum absolute atomic E-state index is 12.9. The highest BCUT2D eigenvalue weighted by molar-refractivity contribution is 7.17. The summed E-state index contributed by atoms with van der Waals surface area (Å²) in [5.41, 5.74) is 1.39. The molecule has 0 aliphatic carbocycles. The van der Waals surface area contributed by atoms with Crippen LogP contribution < -0.4 is 15.8 Å². The van der Waals surface area contributed by atoms with Gasteiger partial charge in [-0.25, -0.2) is 4.98 Å². The highest BCUT2D eigenvalue weighted by Crippen LogP contribution is 2.19. The fourth-order valence-electron chi connectivity index (χ4n) is 2.87. The van der Waals surface area contributed by atoms with Gasteiger partial charge in [0.25, 0.3) is 5.56 Å². The summed E-state index contributed by atoms with van der Waals surface area (Å²) in [5.74, 6) is 0.275. The van der Waals surface area contributed by atoms with Crippen LogP contribution in [0.15, 0.2) is 40.5 Å². The molecule has 1 aromatic carbocycles. The predicted molar refractivity (Wildman–Crippen MR) is 111 cm³/mol. The van der Waals surface area contributed by atoms with E-state index in [0.717, 1.165) is 5.56 Å². The Bertz CT molecular complexity index is 1010. The number of fused-ring (bicyclic) bond motifs is 1. The Labute approximate surface area is 166 Å². The third kappa shape index (κ3) is 4.31. The second-order valence-corrected chi connectivity index (χ2v) is 7.37. The molecule has 0 radical (unpaired) electrons. The van der Waals surface area contributed by atoms with Gasteiger partial charge in [0.2, 0.25) is 11.9 Å². The molecule has 0 saturated carbocycles.